The first-order valence-corrected chi connectivity index (χ1v) is 10.2. The molecule has 0 radical (unpaired) electrons. The Morgan fingerprint density at radius 2 is 1.76 bits per heavy atom. The summed E-state index contributed by atoms with van der Waals surface area (Å²) in [4.78, 5) is 40.4. The third-order valence-electron chi connectivity index (χ3n) is 4.58. The number of methoxy groups -OCH3 is 2. The monoisotopic (exact) mass is 460 g/mol. The zero-order valence-electron chi connectivity index (χ0n) is 19.2. The van der Waals surface area contributed by atoms with Crippen molar-refractivity contribution < 1.29 is 38.1 Å². The lowest BCUT2D eigenvalue weighted by Gasteiger charge is -2.25. The third-order valence-corrected chi connectivity index (χ3v) is 4.58. The van der Waals surface area contributed by atoms with E-state index in [1.807, 2.05) is 30.3 Å². The third kappa shape index (κ3) is 7.18. The molecule has 0 bridgehead atoms. The Kier molecular flexibility index (Phi) is 9.62. The van der Waals surface area contributed by atoms with E-state index in [0.29, 0.717) is 0 Å². The number of nitrogens with zero attached hydrogens (tertiary/aromatic N) is 1. The average Bonchev–Trinajstić information content (AvgIpc) is 2.79. The van der Waals surface area contributed by atoms with Crippen molar-refractivity contribution in [2.45, 2.75) is 39.0 Å². The number of amides is 1. The number of hydrogen-bond donors (Lipinski definition) is 1. The molecule has 3 atom stereocenters. The lowest BCUT2D eigenvalue weighted by Crippen LogP contribution is -2.41. The standard InChI is InChI=1S/C23H28N2O8/c1-14(23(28)33-15(2)20(30-5)17-9-7-6-8-10-17)25-22(27)19-21(32-13-31-16(3)26)18(29-4)11-12-24-19/h6-12,14-15,20H,13H2,1-5H3,(H,25,27)/t14-,15-,20+/m0/s1. The molecule has 1 heterocycles. The second kappa shape index (κ2) is 12.4. The van der Waals surface area contributed by atoms with E-state index in [2.05, 4.69) is 10.3 Å². The maximum Gasteiger partial charge on any atom is 0.328 e. The molecule has 0 aliphatic heterocycles. The van der Waals surface area contributed by atoms with Crippen LogP contribution in [0.5, 0.6) is 11.5 Å². The first kappa shape index (κ1) is 25.6. The van der Waals surface area contributed by atoms with Crippen LogP contribution in [-0.4, -0.2) is 56.0 Å². The van der Waals surface area contributed by atoms with Crippen molar-refractivity contribution in [3.8, 4) is 11.5 Å². The second-order valence-corrected chi connectivity index (χ2v) is 6.99. The lowest BCUT2D eigenvalue weighted by molar-refractivity contribution is -0.157. The molecule has 10 heteroatoms. The molecule has 10 nitrogen and oxygen atoms in total. The van der Waals surface area contributed by atoms with Gasteiger partial charge in [-0.2, -0.15) is 0 Å². The number of benzene rings is 1. The number of pyridine rings is 1. The maximum atomic E-state index is 12.8. The minimum absolute atomic E-state index is 0.0313. The topological polar surface area (TPSA) is 122 Å². The van der Waals surface area contributed by atoms with Crippen molar-refractivity contribution in [3.63, 3.8) is 0 Å². The minimum atomic E-state index is -0.998. The van der Waals surface area contributed by atoms with E-state index in [9.17, 15) is 14.4 Å². The summed E-state index contributed by atoms with van der Waals surface area (Å²) in [6.45, 7) is 3.97. The van der Waals surface area contributed by atoms with Crippen LogP contribution in [0.4, 0.5) is 0 Å². The molecule has 0 saturated carbocycles. The molecule has 1 amide bonds. The zero-order chi connectivity index (χ0) is 24.4. The van der Waals surface area contributed by atoms with Gasteiger partial charge in [-0.3, -0.25) is 9.59 Å². The predicted octanol–water partition coefficient (Wildman–Crippen LogP) is 2.43. The highest BCUT2D eigenvalue weighted by Crippen LogP contribution is 2.29. The molecule has 1 aromatic heterocycles. The summed E-state index contributed by atoms with van der Waals surface area (Å²) in [5.74, 6) is -1.73. The van der Waals surface area contributed by atoms with E-state index < -0.39 is 42.9 Å². The van der Waals surface area contributed by atoms with E-state index in [0.717, 1.165) is 5.56 Å². The van der Waals surface area contributed by atoms with Gasteiger partial charge in [0.2, 0.25) is 6.79 Å². The van der Waals surface area contributed by atoms with Gasteiger partial charge in [-0.25, -0.2) is 9.78 Å². The Bertz CT molecular complexity index is 951. The van der Waals surface area contributed by atoms with E-state index in [-0.39, 0.29) is 17.2 Å². The van der Waals surface area contributed by atoms with Crippen LogP contribution in [0, 0.1) is 0 Å². The van der Waals surface area contributed by atoms with E-state index >= 15 is 0 Å². The summed E-state index contributed by atoms with van der Waals surface area (Å²) >= 11 is 0. The lowest BCUT2D eigenvalue weighted by atomic mass is 10.1. The van der Waals surface area contributed by atoms with Gasteiger partial charge in [-0.1, -0.05) is 30.3 Å². The molecule has 1 N–H and O–H groups in total. The summed E-state index contributed by atoms with van der Waals surface area (Å²) in [7, 11) is 2.91. The van der Waals surface area contributed by atoms with Gasteiger partial charge in [0, 0.05) is 26.3 Å². The number of aromatic nitrogens is 1. The van der Waals surface area contributed by atoms with Crippen molar-refractivity contribution in [3.05, 3.63) is 53.9 Å². The van der Waals surface area contributed by atoms with Gasteiger partial charge in [0.05, 0.1) is 7.11 Å². The number of ether oxygens (including phenoxy) is 5. The summed E-state index contributed by atoms with van der Waals surface area (Å²) in [6, 6.07) is 9.82. The van der Waals surface area contributed by atoms with Gasteiger partial charge in [-0.15, -0.1) is 0 Å². The summed E-state index contributed by atoms with van der Waals surface area (Å²) in [6.07, 6.45) is 0.266. The zero-order valence-corrected chi connectivity index (χ0v) is 19.2. The fourth-order valence-corrected chi connectivity index (χ4v) is 2.98. The van der Waals surface area contributed by atoms with Gasteiger partial charge in [0.15, 0.2) is 17.2 Å². The Hall–Kier alpha value is -3.66. The summed E-state index contributed by atoms with van der Waals surface area (Å²) in [5, 5.41) is 2.53. The highest BCUT2D eigenvalue weighted by molar-refractivity contribution is 5.98. The van der Waals surface area contributed by atoms with Gasteiger partial charge >= 0.3 is 11.9 Å². The molecule has 0 saturated heterocycles. The maximum absolute atomic E-state index is 12.8. The van der Waals surface area contributed by atoms with E-state index in [4.69, 9.17) is 23.7 Å². The van der Waals surface area contributed by atoms with Gasteiger partial charge in [0.1, 0.15) is 18.2 Å². The van der Waals surface area contributed by atoms with Crippen LogP contribution in [0.25, 0.3) is 0 Å². The summed E-state index contributed by atoms with van der Waals surface area (Å²) < 4.78 is 26.3. The Balaban J connectivity index is 2.07. The quantitative estimate of drug-likeness (QED) is 0.398. The van der Waals surface area contributed by atoms with Crippen LogP contribution in [0.15, 0.2) is 42.6 Å². The number of esters is 2. The van der Waals surface area contributed by atoms with Crippen LogP contribution in [0.3, 0.4) is 0 Å². The Labute approximate surface area is 192 Å². The SMILES string of the molecule is COc1ccnc(C(=O)N[C@@H](C)C(=O)O[C@@H](C)[C@@H](OC)c2ccccc2)c1OCOC(C)=O. The van der Waals surface area contributed by atoms with Crippen LogP contribution in [0.2, 0.25) is 0 Å². The van der Waals surface area contributed by atoms with E-state index in [1.165, 1.54) is 40.3 Å². The number of nitrogens with one attached hydrogen (secondary N) is 1. The minimum Gasteiger partial charge on any atom is -0.493 e. The molecule has 0 spiro atoms. The number of carbonyl (C=O) groups excluding carboxylic acids is 3. The van der Waals surface area contributed by atoms with Crippen molar-refractivity contribution >= 4 is 17.8 Å². The van der Waals surface area contributed by atoms with Crippen molar-refractivity contribution in [1.29, 1.82) is 0 Å². The molecule has 1 aromatic carbocycles. The van der Waals surface area contributed by atoms with Crippen LogP contribution in [0.1, 0.15) is 42.9 Å². The van der Waals surface area contributed by atoms with Crippen molar-refractivity contribution in [2.75, 3.05) is 21.0 Å². The first-order chi connectivity index (χ1) is 15.8. The molecule has 0 unspecified atom stereocenters. The normalized spacial score (nSPS) is 13.2. The molecule has 178 valence electrons. The average molecular weight is 460 g/mol. The van der Waals surface area contributed by atoms with Crippen molar-refractivity contribution in [2.24, 2.45) is 0 Å². The first-order valence-electron chi connectivity index (χ1n) is 10.2. The fraction of sp³-hybridized carbons (Fsp3) is 0.391. The van der Waals surface area contributed by atoms with Crippen LogP contribution < -0.4 is 14.8 Å². The van der Waals surface area contributed by atoms with Crippen LogP contribution in [-0.2, 0) is 23.8 Å². The highest BCUT2D eigenvalue weighted by atomic mass is 16.7. The molecule has 0 aliphatic carbocycles. The number of carbonyl (C=O) groups is 3. The molecule has 33 heavy (non-hydrogen) atoms. The van der Waals surface area contributed by atoms with Crippen molar-refractivity contribution in [1.82, 2.24) is 10.3 Å². The fourth-order valence-electron chi connectivity index (χ4n) is 2.98. The number of rotatable bonds is 11. The number of hydrogen-bond acceptors (Lipinski definition) is 9. The predicted molar refractivity (Wildman–Crippen MR) is 117 cm³/mol. The Morgan fingerprint density at radius 3 is 2.36 bits per heavy atom. The highest BCUT2D eigenvalue weighted by Gasteiger charge is 2.27. The van der Waals surface area contributed by atoms with Crippen LogP contribution >= 0.6 is 0 Å². The smallest absolute Gasteiger partial charge is 0.328 e. The van der Waals surface area contributed by atoms with Gasteiger partial charge < -0.3 is 29.0 Å². The molecule has 2 aromatic rings. The molecule has 0 fully saturated rings. The summed E-state index contributed by atoms with van der Waals surface area (Å²) in [5.41, 5.74) is 0.709. The Morgan fingerprint density at radius 1 is 1.06 bits per heavy atom. The van der Waals surface area contributed by atoms with E-state index in [1.54, 1.807) is 6.92 Å². The molecular formula is C23H28N2O8. The largest absolute Gasteiger partial charge is 0.493 e. The molecular weight excluding hydrogens is 432 g/mol. The molecule has 2 rings (SSSR count). The van der Waals surface area contributed by atoms with Gasteiger partial charge in [0.25, 0.3) is 5.91 Å². The van der Waals surface area contributed by atoms with Gasteiger partial charge in [-0.05, 0) is 19.4 Å². The molecule has 0 aliphatic rings. The second-order valence-electron chi connectivity index (χ2n) is 6.99.